The zero-order chi connectivity index (χ0) is 17.4. The molecule has 2 heterocycles. The minimum absolute atomic E-state index is 0.0675. The molecule has 0 aliphatic carbocycles. The van der Waals surface area contributed by atoms with Gasteiger partial charge in [0.15, 0.2) is 0 Å². The van der Waals surface area contributed by atoms with Crippen molar-refractivity contribution in [2.24, 2.45) is 0 Å². The third-order valence-corrected chi connectivity index (χ3v) is 6.57. The van der Waals surface area contributed by atoms with Crippen LogP contribution in [0.1, 0.15) is 24.0 Å². The first-order valence-corrected chi connectivity index (χ1v) is 9.48. The Hall–Kier alpha value is -2.27. The number of fused-ring (bicyclic) bond motifs is 1. The van der Waals surface area contributed by atoms with Crippen LogP contribution in [0.2, 0.25) is 0 Å². The van der Waals surface area contributed by atoms with E-state index >= 15 is 0 Å². The fourth-order valence-electron chi connectivity index (χ4n) is 3.70. The molecule has 128 valence electrons. The summed E-state index contributed by atoms with van der Waals surface area (Å²) in [5, 5.41) is 2.97. The number of nitrogens with zero attached hydrogens (tertiary/aromatic N) is 1. The number of carbonyl (C=O) groups is 2. The second-order valence-electron chi connectivity index (χ2n) is 6.60. The van der Waals surface area contributed by atoms with Gasteiger partial charge in [0.2, 0.25) is 11.8 Å². The van der Waals surface area contributed by atoms with Crippen LogP contribution in [0, 0.1) is 6.92 Å². The Morgan fingerprint density at radius 3 is 2.60 bits per heavy atom. The number of hydrogen-bond acceptors (Lipinski definition) is 3. The molecule has 0 saturated carbocycles. The molecule has 4 nitrogen and oxygen atoms in total. The summed E-state index contributed by atoms with van der Waals surface area (Å²) >= 11 is 1.71. The van der Waals surface area contributed by atoms with E-state index in [1.54, 1.807) is 11.8 Å². The Labute approximate surface area is 151 Å². The van der Waals surface area contributed by atoms with E-state index in [9.17, 15) is 9.59 Å². The van der Waals surface area contributed by atoms with Crippen LogP contribution in [-0.4, -0.2) is 28.5 Å². The van der Waals surface area contributed by atoms with Gasteiger partial charge in [0.05, 0.1) is 0 Å². The molecule has 0 spiro atoms. The topological polar surface area (TPSA) is 49.4 Å². The Morgan fingerprint density at radius 2 is 1.88 bits per heavy atom. The first-order chi connectivity index (χ1) is 12.1. The average Bonchev–Trinajstić information content (AvgIpc) is 3.17. The lowest BCUT2D eigenvalue weighted by Crippen LogP contribution is -2.48. The summed E-state index contributed by atoms with van der Waals surface area (Å²) in [6.45, 7) is 2.01. The Kier molecular flexibility index (Phi) is 4.04. The van der Waals surface area contributed by atoms with Gasteiger partial charge in [0.25, 0.3) is 0 Å². The number of rotatable bonds is 3. The lowest BCUT2D eigenvalue weighted by molar-refractivity contribution is -0.136. The minimum atomic E-state index is -0.429. The van der Waals surface area contributed by atoms with Crippen molar-refractivity contribution in [3.05, 3.63) is 65.7 Å². The summed E-state index contributed by atoms with van der Waals surface area (Å²) in [6.07, 6.45) is 1.25. The van der Waals surface area contributed by atoms with Gasteiger partial charge in [-0.2, -0.15) is 0 Å². The van der Waals surface area contributed by atoms with Gasteiger partial charge < -0.3 is 10.2 Å². The number of hydrogen-bond donors (Lipinski definition) is 1. The summed E-state index contributed by atoms with van der Waals surface area (Å²) in [7, 11) is 0. The Bertz CT molecular complexity index is 806. The van der Waals surface area contributed by atoms with Crippen LogP contribution in [0.5, 0.6) is 0 Å². The number of benzene rings is 2. The molecule has 0 radical (unpaired) electrons. The first kappa shape index (κ1) is 16.2. The van der Waals surface area contributed by atoms with Crippen molar-refractivity contribution >= 4 is 29.3 Å². The van der Waals surface area contributed by atoms with Crippen LogP contribution >= 0.6 is 11.8 Å². The van der Waals surface area contributed by atoms with Gasteiger partial charge in [-0.25, -0.2) is 0 Å². The van der Waals surface area contributed by atoms with Gasteiger partial charge in [-0.15, -0.1) is 11.8 Å². The lowest BCUT2D eigenvalue weighted by atomic mass is 10.0. The molecule has 2 aliphatic heterocycles. The number of carbonyl (C=O) groups excluding carboxylic acids is 2. The van der Waals surface area contributed by atoms with Crippen molar-refractivity contribution in [3.8, 4) is 0 Å². The van der Waals surface area contributed by atoms with Gasteiger partial charge in [-0.3, -0.25) is 9.59 Å². The standard InChI is InChI=1S/C20H20N2O2S/c1-14-7-9-16(10-8-14)21-19(24)17-13-25-20(12-11-18(23)22(17)20)15-5-3-2-4-6-15/h2-10,17H,11-13H2,1H3,(H,21,24)/t17-,20-/m0/s1. The van der Waals surface area contributed by atoms with Crippen molar-refractivity contribution in [1.82, 2.24) is 4.90 Å². The van der Waals surface area contributed by atoms with Crippen LogP contribution in [0.4, 0.5) is 5.69 Å². The van der Waals surface area contributed by atoms with Crippen molar-refractivity contribution < 1.29 is 9.59 Å². The minimum Gasteiger partial charge on any atom is -0.324 e. The zero-order valence-electron chi connectivity index (χ0n) is 14.1. The fraction of sp³-hybridized carbons (Fsp3) is 0.300. The predicted octanol–water partition coefficient (Wildman–Crippen LogP) is 3.52. The van der Waals surface area contributed by atoms with E-state index in [2.05, 4.69) is 17.4 Å². The van der Waals surface area contributed by atoms with Crippen molar-refractivity contribution in [1.29, 1.82) is 0 Å². The second kappa shape index (κ2) is 6.23. The van der Waals surface area contributed by atoms with E-state index < -0.39 is 10.9 Å². The molecule has 2 aromatic carbocycles. The largest absolute Gasteiger partial charge is 0.324 e. The fourth-order valence-corrected chi connectivity index (χ4v) is 5.35. The highest BCUT2D eigenvalue weighted by atomic mass is 32.2. The first-order valence-electron chi connectivity index (χ1n) is 8.49. The normalized spacial score (nSPS) is 25.1. The number of nitrogens with one attached hydrogen (secondary N) is 1. The maximum atomic E-state index is 12.8. The molecular weight excluding hydrogens is 332 g/mol. The summed E-state index contributed by atoms with van der Waals surface area (Å²) < 4.78 is 0. The van der Waals surface area contributed by atoms with Crippen molar-refractivity contribution in [2.75, 3.05) is 11.1 Å². The monoisotopic (exact) mass is 352 g/mol. The molecule has 2 saturated heterocycles. The van der Waals surface area contributed by atoms with E-state index in [-0.39, 0.29) is 11.8 Å². The molecule has 5 heteroatoms. The lowest BCUT2D eigenvalue weighted by Gasteiger charge is -2.34. The molecule has 0 bridgehead atoms. The summed E-state index contributed by atoms with van der Waals surface area (Å²) in [4.78, 5) is 26.8. The van der Waals surface area contributed by atoms with E-state index in [1.165, 1.54) is 0 Å². The van der Waals surface area contributed by atoms with Gasteiger partial charge in [0, 0.05) is 17.9 Å². The smallest absolute Gasteiger partial charge is 0.248 e. The molecular formula is C20H20N2O2S. The SMILES string of the molecule is Cc1ccc(NC(=O)[C@@H]2CS[C@]3(c4ccccc4)CCC(=O)N23)cc1. The second-order valence-corrected chi connectivity index (χ2v) is 7.89. The zero-order valence-corrected chi connectivity index (χ0v) is 14.9. The van der Waals surface area contributed by atoms with E-state index in [0.717, 1.165) is 23.2 Å². The van der Waals surface area contributed by atoms with Crippen LogP contribution in [0.3, 0.4) is 0 Å². The molecule has 2 aliphatic rings. The van der Waals surface area contributed by atoms with Crippen LogP contribution in [-0.2, 0) is 14.5 Å². The molecule has 2 fully saturated rings. The van der Waals surface area contributed by atoms with Gasteiger partial charge >= 0.3 is 0 Å². The molecule has 25 heavy (non-hydrogen) atoms. The van der Waals surface area contributed by atoms with E-state index in [0.29, 0.717) is 12.2 Å². The van der Waals surface area contributed by atoms with Crippen LogP contribution in [0.25, 0.3) is 0 Å². The Balaban J connectivity index is 1.60. The predicted molar refractivity (Wildman–Crippen MR) is 100 cm³/mol. The highest BCUT2D eigenvalue weighted by Crippen LogP contribution is 2.54. The van der Waals surface area contributed by atoms with Gasteiger partial charge in [-0.05, 0) is 31.0 Å². The summed E-state index contributed by atoms with van der Waals surface area (Å²) in [6, 6.07) is 17.4. The molecule has 4 rings (SSSR count). The number of aryl methyl sites for hydroxylation is 1. The third-order valence-electron chi connectivity index (χ3n) is 4.97. The highest BCUT2D eigenvalue weighted by Gasteiger charge is 2.56. The summed E-state index contributed by atoms with van der Waals surface area (Å²) in [5.41, 5.74) is 3.02. The number of amides is 2. The summed E-state index contributed by atoms with van der Waals surface area (Å²) in [5.74, 6) is 0.584. The maximum absolute atomic E-state index is 12.8. The number of anilines is 1. The van der Waals surface area contributed by atoms with Gasteiger partial charge in [-0.1, -0.05) is 48.0 Å². The molecule has 0 aromatic heterocycles. The van der Waals surface area contributed by atoms with Crippen molar-refractivity contribution in [2.45, 2.75) is 30.7 Å². The number of thioether (sulfide) groups is 1. The maximum Gasteiger partial charge on any atom is 0.248 e. The van der Waals surface area contributed by atoms with E-state index in [4.69, 9.17) is 0 Å². The van der Waals surface area contributed by atoms with Gasteiger partial charge in [0.1, 0.15) is 10.9 Å². The van der Waals surface area contributed by atoms with Crippen LogP contribution < -0.4 is 5.32 Å². The van der Waals surface area contributed by atoms with Crippen molar-refractivity contribution in [3.63, 3.8) is 0 Å². The van der Waals surface area contributed by atoms with Crippen LogP contribution in [0.15, 0.2) is 54.6 Å². The molecule has 0 unspecified atom stereocenters. The Morgan fingerprint density at radius 1 is 1.16 bits per heavy atom. The molecule has 2 aromatic rings. The van der Waals surface area contributed by atoms with E-state index in [1.807, 2.05) is 54.3 Å². The average molecular weight is 352 g/mol. The molecule has 2 atom stereocenters. The highest BCUT2D eigenvalue weighted by molar-refractivity contribution is 8.00. The quantitative estimate of drug-likeness (QED) is 0.919. The molecule has 2 amide bonds. The molecule has 1 N–H and O–H groups in total. The third kappa shape index (κ3) is 2.72.